The molecule has 0 bridgehead atoms. The molecule has 0 nitrogen and oxygen atoms in total. The molecule has 2 atom stereocenters. The van der Waals surface area contributed by atoms with Crippen LogP contribution in [0, 0.1) is 6.92 Å². The van der Waals surface area contributed by atoms with Crippen LogP contribution in [0.3, 0.4) is 0 Å². The van der Waals surface area contributed by atoms with Crippen LogP contribution in [-0.4, -0.2) is 0 Å². The van der Waals surface area contributed by atoms with E-state index in [0.29, 0.717) is 11.8 Å². The molecule has 0 aromatic heterocycles. The summed E-state index contributed by atoms with van der Waals surface area (Å²) in [7, 11) is 0. The van der Waals surface area contributed by atoms with E-state index in [-0.39, 0.29) is 29.7 Å². The maximum atomic E-state index is 2.29. The van der Waals surface area contributed by atoms with E-state index in [1.54, 1.807) is 0 Å². The molecule has 0 heterocycles. The first kappa shape index (κ1) is 34.0. The van der Waals surface area contributed by atoms with Gasteiger partial charge in [0.1, 0.15) is 0 Å². The molecule has 0 saturated heterocycles. The topological polar surface area (TPSA) is 0 Å². The van der Waals surface area contributed by atoms with Gasteiger partial charge in [-0.25, -0.2) is 0 Å². The smallest absolute Gasteiger partial charge is 0.0193 e. The fourth-order valence-electron chi connectivity index (χ4n) is 2.67. The summed E-state index contributed by atoms with van der Waals surface area (Å²) in [5.41, 5.74) is 5.74. The Bertz CT molecular complexity index is 548. The second-order valence-electron chi connectivity index (χ2n) is 7.02. The quantitative estimate of drug-likeness (QED) is 0.461. The van der Waals surface area contributed by atoms with Crippen molar-refractivity contribution >= 4 is 0 Å². The number of hydrogen-bond acceptors (Lipinski definition) is 0. The molecule has 0 aliphatic heterocycles. The van der Waals surface area contributed by atoms with Gasteiger partial charge in [0.2, 0.25) is 0 Å². The maximum Gasteiger partial charge on any atom is -0.0193 e. The summed E-state index contributed by atoms with van der Waals surface area (Å²) in [5.74, 6) is 1.41. The minimum absolute atomic E-state index is 0. The zero-order valence-electron chi connectivity index (χ0n) is 16.6. The maximum absolute atomic E-state index is 2.29. The summed E-state index contributed by atoms with van der Waals surface area (Å²) in [5, 5.41) is 0. The Morgan fingerprint density at radius 3 is 1.29 bits per heavy atom. The number of rotatable bonds is 6. The summed E-state index contributed by atoms with van der Waals surface area (Å²) in [4.78, 5) is 0. The van der Waals surface area contributed by atoms with Crippen LogP contribution in [0.25, 0.3) is 0 Å². The Morgan fingerprint density at radius 2 is 0.964 bits per heavy atom. The minimum Gasteiger partial charge on any atom is -0.0776 e. The van der Waals surface area contributed by atoms with Gasteiger partial charge in [-0.3, -0.25) is 0 Å². The van der Waals surface area contributed by atoms with Gasteiger partial charge in [0.25, 0.3) is 0 Å². The molecule has 0 aliphatic rings. The van der Waals surface area contributed by atoms with Gasteiger partial charge in [-0.15, -0.1) is 0 Å². The van der Waals surface area contributed by atoms with E-state index in [1.807, 2.05) is 0 Å². The van der Waals surface area contributed by atoms with Crippen LogP contribution in [-0.2, 0) is 6.42 Å². The van der Waals surface area contributed by atoms with E-state index >= 15 is 0 Å². The monoisotopic (exact) mass is 388 g/mol. The van der Waals surface area contributed by atoms with Gasteiger partial charge in [0.15, 0.2) is 0 Å². The first-order valence-electron chi connectivity index (χ1n) is 9.67. The van der Waals surface area contributed by atoms with Crippen LogP contribution < -0.4 is 0 Å². The number of hydrogen-bond donors (Lipinski definition) is 0. The number of aryl methyl sites for hydroxylation is 2. The SMILES string of the molecule is C.C.C.C.CCC(C)c1ccc(C)cc1.CCCc1ccc(C(C)CC)cc1. The summed E-state index contributed by atoms with van der Waals surface area (Å²) in [6, 6.07) is 17.9. The highest BCUT2D eigenvalue weighted by molar-refractivity contribution is 5.25. The van der Waals surface area contributed by atoms with Crippen molar-refractivity contribution in [2.45, 2.75) is 109 Å². The largest absolute Gasteiger partial charge is 0.0776 e. The van der Waals surface area contributed by atoms with E-state index in [1.165, 1.54) is 47.9 Å². The van der Waals surface area contributed by atoms with E-state index in [4.69, 9.17) is 0 Å². The highest BCUT2D eigenvalue weighted by Crippen LogP contribution is 2.19. The Labute approximate surface area is 179 Å². The molecular weight excluding hydrogens is 336 g/mol. The van der Waals surface area contributed by atoms with Crippen molar-refractivity contribution in [3.8, 4) is 0 Å². The highest BCUT2D eigenvalue weighted by atomic mass is 14.1. The average molecular weight is 389 g/mol. The predicted octanol–water partition coefficient (Wildman–Crippen LogP) is 10.2. The molecule has 164 valence electrons. The molecular formula is C28H52. The van der Waals surface area contributed by atoms with Crippen molar-refractivity contribution in [3.05, 3.63) is 70.8 Å². The zero-order valence-corrected chi connectivity index (χ0v) is 16.6. The van der Waals surface area contributed by atoms with Gasteiger partial charge in [0, 0.05) is 0 Å². The Morgan fingerprint density at radius 1 is 0.607 bits per heavy atom. The lowest BCUT2D eigenvalue weighted by atomic mass is 9.97. The second-order valence-corrected chi connectivity index (χ2v) is 7.02. The first-order chi connectivity index (χ1) is 11.5. The van der Waals surface area contributed by atoms with E-state index < -0.39 is 0 Å². The average Bonchev–Trinajstić information content (AvgIpc) is 2.62. The number of benzene rings is 2. The van der Waals surface area contributed by atoms with Crippen molar-refractivity contribution < 1.29 is 0 Å². The van der Waals surface area contributed by atoms with Crippen molar-refractivity contribution in [2.75, 3.05) is 0 Å². The predicted molar refractivity (Wildman–Crippen MR) is 136 cm³/mol. The van der Waals surface area contributed by atoms with Crippen LogP contribution in [0.15, 0.2) is 48.5 Å². The molecule has 0 N–H and O–H groups in total. The standard InChI is InChI=1S/C13H20.C11H16.4CH4/c1-4-6-12-7-9-13(10-8-12)11(3)5-2;1-4-10(3)11-7-5-9(2)6-8-11;;;;/h7-11H,4-6H2,1-3H3;5-8,10H,4H2,1-3H3;4*1H4. The molecule has 0 amide bonds. The molecule has 0 saturated carbocycles. The summed E-state index contributed by atoms with van der Waals surface area (Å²) >= 11 is 0. The summed E-state index contributed by atoms with van der Waals surface area (Å²) < 4.78 is 0. The fraction of sp³-hybridized carbons (Fsp3) is 0.571. The van der Waals surface area contributed by atoms with Gasteiger partial charge in [0.05, 0.1) is 0 Å². The summed E-state index contributed by atoms with van der Waals surface area (Å²) in [6.45, 7) is 13.4. The first-order valence-corrected chi connectivity index (χ1v) is 9.67. The minimum atomic E-state index is 0. The third-order valence-electron chi connectivity index (χ3n) is 4.96. The van der Waals surface area contributed by atoms with E-state index in [0.717, 1.165) is 0 Å². The molecule has 0 heteroatoms. The van der Waals surface area contributed by atoms with Crippen molar-refractivity contribution in [1.29, 1.82) is 0 Å². The van der Waals surface area contributed by atoms with Crippen molar-refractivity contribution in [2.24, 2.45) is 0 Å². The molecule has 2 unspecified atom stereocenters. The van der Waals surface area contributed by atoms with Gasteiger partial charge >= 0.3 is 0 Å². The molecule has 0 spiro atoms. The van der Waals surface area contributed by atoms with E-state index in [2.05, 4.69) is 90.1 Å². The lowest BCUT2D eigenvalue weighted by Gasteiger charge is -2.09. The van der Waals surface area contributed by atoms with Crippen molar-refractivity contribution in [3.63, 3.8) is 0 Å². The molecule has 0 radical (unpaired) electrons. The van der Waals surface area contributed by atoms with Gasteiger partial charge in [-0.05, 0) is 54.7 Å². The van der Waals surface area contributed by atoms with Crippen LogP contribution in [0.4, 0.5) is 0 Å². The molecule has 2 rings (SSSR count). The molecule has 0 fully saturated rings. The second kappa shape index (κ2) is 18.8. The summed E-state index contributed by atoms with van der Waals surface area (Å²) in [6.07, 6.45) is 4.90. The lowest BCUT2D eigenvalue weighted by molar-refractivity contribution is 0.732. The molecule has 2 aromatic carbocycles. The highest BCUT2D eigenvalue weighted by Gasteiger charge is 2.01. The van der Waals surface area contributed by atoms with Crippen LogP contribution in [0.2, 0.25) is 0 Å². The zero-order chi connectivity index (χ0) is 17.9. The van der Waals surface area contributed by atoms with E-state index in [9.17, 15) is 0 Å². The van der Waals surface area contributed by atoms with Crippen LogP contribution in [0.5, 0.6) is 0 Å². The van der Waals surface area contributed by atoms with Gasteiger partial charge < -0.3 is 0 Å². The molecule has 2 aromatic rings. The fourth-order valence-corrected chi connectivity index (χ4v) is 2.67. The lowest BCUT2D eigenvalue weighted by Crippen LogP contribution is -1.91. The van der Waals surface area contributed by atoms with Crippen LogP contribution >= 0.6 is 0 Å². The molecule has 28 heavy (non-hydrogen) atoms. The van der Waals surface area contributed by atoms with Gasteiger partial charge in [-0.1, -0.05) is 125 Å². The third kappa shape index (κ3) is 12.0. The Hall–Kier alpha value is -1.56. The van der Waals surface area contributed by atoms with Crippen molar-refractivity contribution in [1.82, 2.24) is 0 Å². The normalized spacial score (nSPS) is 11.1. The Kier molecular flexibility index (Phi) is 22.8. The van der Waals surface area contributed by atoms with Crippen LogP contribution in [0.1, 0.15) is 118 Å². The third-order valence-corrected chi connectivity index (χ3v) is 4.96. The van der Waals surface area contributed by atoms with Gasteiger partial charge in [-0.2, -0.15) is 0 Å². The molecule has 0 aliphatic carbocycles. The Balaban J connectivity index is -0.000000182.